The molecule has 0 aromatic rings. The molecule has 0 spiro atoms. The van der Waals surface area contributed by atoms with Crippen molar-refractivity contribution in [1.29, 1.82) is 0 Å². The number of unbranched alkanes of at least 4 members (excludes halogenated alkanes) is 9. The first-order valence-corrected chi connectivity index (χ1v) is 10.3. The Hall–Kier alpha value is -0.0800. The third-order valence-electron chi connectivity index (χ3n) is 5.30. The lowest BCUT2D eigenvalue weighted by atomic mass is 9.99. The van der Waals surface area contributed by atoms with Crippen LogP contribution < -0.4 is 5.73 Å². The number of nitrogens with two attached hydrogens (primary N) is 1. The molecule has 0 aliphatic carbocycles. The molecule has 0 bridgehead atoms. The van der Waals surface area contributed by atoms with Gasteiger partial charge in [-0.15, -0.1) is 0 Å². The van der Waals surface area contributed by atoms with Crippen LogP contribution in [0, 0.1) is 0 Å². The molecule has 2 N–H and O–H groups in total. The Bertz CT molecular complexity index is 242. The maximum Gasteiger partial charge on any atom is 0.0180 e. The third-order valence-corrected chi connectivity index (χ3v) is 5.30. The summed E-state index contributed by atoms with van der Waals surface area (Å²) in [7, 11) is 0. The van der Waals surface area contributed by atoms with Crippen LogP contribution in [-0.2, 0) is 0 Å². The Morgan fingerprint density at radius 2 is 1.32 bits per heavy atom. The van der Waals surface area contributed by atoms with Crippen molar-refractivity contribution in [1.82, 2.24) is 4.90 Å². The van der Waals surface area contributed by atoms with Crippen LogP contribution in [-0.4, -0.2) is 30.1 Å². The van der Waals surface area contributed by atoms with Gasteiger partial charge in [0.05, 0.1) is 0 Å². The Morgan fingerprint density at radius 1 is 0.818 bits per heavy atom. The van der Waals surface area contributed by atoms with E-state index in [1.54, 1.807) is 0 Å². The van der Waals surface area contributed by atoms with E-state index in [2.05, 4.69) is 18.7 Å². The zero-order chi connectivity index (χ0) is 16.0. The normalized spacial score (nSPS) is 20.6. The van der Waals surface area contributed by atoms with E-state index in [0.29, 0.717) is 6.04 Å². The second-order valence-electron chi connectivity index (χ2n) is 7.46. The fourth-order valence-corrected chi connectivity index (χ4v) is 3.80. The van der Waals surface area contributed by atoms with Crippen LogP contribution in [0.3, 0.4) is 0 Å². The van der Waals surface area contributed by atoms with Crippen molar-refractivity contribution in [3.05, 3.63) is 0 Å². The van der Waals surface area contributed by atoms with Crippen LogP contribution in [0.5, 0.6) is 0 Å². The molecular formula is C20H42N2. The lowest BCUT2D eigenvalue weighted by Gasteiger charge is -2.28. The van der Waals surface area contributed by atoms with Crippen LogP contribution in [0.15, 0.2) is 0 Å². The summed E-state index contributed by atoms with van der Waals surface area (Å²) >= 11 is 0. The highest BCUT2D eigenvalue weighted by Gasteiger charge is 2.25. The Labute approximate surface area is 140 Å². The second kappa shape index (κ2) is 13.4. The first-order valence-electron chi connectivity index (χ1n) is 10.3. The van der Waals surface area contributed by atoms with Crippen LogP contribution in [0.25, 0.3) is 0 Å². The average molecular weight is 311 g/mol. The molecule has 0 aromatic heterocycles. The summed E-state index contributed by atoms with van der Waals surface area (Å²) in [4.78, 5) is 2.70. The quantitative estimate of drug-likeness (QED) is 0.429. The predicted octanol–water partition coefficient (Wildman–Crippen LogP) is 5.50. The van der Waals surface area contributed by atoms with Crippen molar-refractivity contribution < 1.29 is 0 Å². The Morgan fingerprint density at radius 3 is 1.77 bits per heavy atom. The van der Waals surface area contributed by atoms with Crippen LogP contribution >= 0.6 is 0 Å². The Balaban J connectivity index is 2.19. The summed E-state index contributed by atoms with van der Waals surface area (Å²) < 4.78 is 0. The number of rotatable bonds is 14. The summed E-state index contributed by atoms with van der Waals surface area (Å²) in [5, 5.41) is 0. The molecule has 1 fully saturated rings. The van der Waals surface area contributed by atoms with Crippen LogP contribution in [0.2, 0.25) is 0 Å². The van der Waals surface area contributed by atoms with Gasteiger partial charge in [0.25, 0.3) is 0 Å². The van der Waals surface area contributed by atoms with Crippen molar-refractivity contribution in [2.45, 2.75) is 116 Å². The topological polar surface area (TPSA) is 29.3 Å². The van der Waals surface area contributed by atoms with E-state index in [-0.39, 0.29) is 0 Å². The predicted molar refractivity (Wildman–Crippen MR) is 99.3 cm³/mol. The van der Waals surface area contributed by atoms with Gasteiger partial charge < -0.3 is 5.73 Å². The highest BCUT2D eigenvalue weighted by Crippen LogP contribution is 2.22. The largest absolute Gasteiger partial charge is 0.326 e. The molecule has 0 amide bonds. The van der Waals surface area contributed by atoms with E-state index < -0.39 is 0 Å². The molecule has 22 heavy (non-hydrogen) atoms. The minimum atomic E-state index is 0.437. The van der Waals surface area contributed by atoms with Gasteiger partial charge in [-0.2, -0.15) is 0 Å². The van der Waals surface area contributed by atoms with Gasteiger partial charge >= 0.3 is 0 Å². The van der Waals surface area contributed by atoms with E-state index >= 15 is 0 Å². The van der Waals surface area contributed by atoms with Gasteiger partial charge in [-0.3, -0.25) is 4.90 Å². The maximum absolute atomic E-state index is 6.13. The first kappa shape index (κ1) is 20.0. The molecule has 0 radical (unpaired) electrons. The van der Waals surface area contributed by atoms with Crippen LogP contribution in [0.1, 0.15) is 104 Å². The number of hydrogen-bond donors (Lipinski definition) is 1. The fraction of sp³-hybridized carbons (Fsp3) is 1.00. The molecule has 1 heterocycles. The second-order valence-corrected chi connectivity index (χ2v) is 7.46. The minimum absolute atomic E-state index is 0.437. The molecule has 132 valence electrons. The number of nitrogens with zero attached hydrogens (tertiary/aromatic N) is 1. The van der Waals surface area contributed by atoms with E-state index in [0.717, 1.165) is 12.6 Å². The maximum atomic E-state index is 6.13. The molecule has 2 heteroatoms. The standard InChI is InChI=1S/C20H42N2/c1-3-5-7-9-11-13-15-20(14-12-10-8-6-4-2)22-17-16-19(21)18-22/h19-20H,3-18,21H2,1-2H3/t19-,20?/m1/s1. The number of hydrogen-bond acceptors (Lipinski definition) is 2. The van der Waals surface area contributed by atoms with Gasteiger partial charge in [-0.25, -0.2) is 0 Å². The molecule has 1 aliphatic heterocycles. The van der Waals surface area contributed by atoms with Gasteiger partial charge in [0.15, 0.2) is 0 Å². The van der Waals surface area contributed by atoms with Crippen molar-refractivity contribution in [3.63, 3.8) is 0 Å². The molecule has 2 atom stereocenters. The summed E-state index contributed by atoms with van der Waals surface area (Å²) in [6.45, 7) is 6.99. The third kappa shape index (κ3) is 9.15. The smallest absolute Gasteiger partial charge is 0.0180 e. The SMILES string of the molecule is CCCCCCCCC(CCCCCCC)N1CC[C@@H](N)C1. The summed E-state index contributed by atoms with van der Waals surface area (Å²) in [5.41, 5.74) is 6.13. The molecule has 2 nitrogen and oxygen atoms in total. The molecule has 1 unspecified atom stereocenters. The van der Waals surface area contributed by atoms with Crippen LogP contribution in [0.4, 0.5) is 0 Å². The zero-order valence-electron chi connectivity index (χ0n) is 15.5. The molecule has 1 saturated heterocycles. The van der Waals surface area contributed by atoms with Crippen molar-refractivity contribution >= 4 is 0 Å². The van der Waals surface area contributed by atoms with E-state index in [1.165, 1.54) is 96.4 Å². The van der Waals surface area contributed by atoms with Gasteiger partial charge in [0, 0.05) is 25.2 Å². The highest BCUT2D eigenvalue weighted by atomic mass is 15.2. The van der Waals surface area contributed by atoms with Crippen molar-refractivity contribution in [2.75, 3.05) is 13.1 Å². The van der Waals surface area contributed by atoms with Gasteiger partial charge in [-0.1, -0.05) is 84.5 Å². The van der Waals surface area contributed by atoms with Gasteiger partial charge in [-0.05, 0) is 19.3 Å². The lowest BCUT2D eigenvalue weighted by molar-refractivity contribution is 0.207. The first-order chi connectivity index (χ1) is 10.8. The van der Waals surface area contributed by atoms with Crippen molar-refractivity contribution in [2.24, 2.45) is 5.73 Å². The van der Waals surface area contributed by atoms with E-state index in [9.17, 15) is 0 Å². The van der Waals surface area contributed by atoms with E-state index in [1.807, 2.05) is 0 Å². The Kier molecular flexibility index (Phi) is 12.1. The summed E-state index contributed by atoms with van der Waals surface area (Å²) in [6, 6.07) is 1.26. The monoisotopic (exact) mass is 310 g/mol. The van der Waals surface area contributed by atoms with Crippen molar-refractivity contribution in [3.8, 4) is 0 Å². The zero-order valence-corrected chi connectivity index (χ0v) is 15.5. The number of likely N-dealkylation sites (tertiary alicyclic amines) is 1. The molecule has 1 aliphatic rings. The highest BCUT2D eigenvalue weighted by molar-refractivity contribution is 4.83. The van der Waals surface area contributed by atoms with E-state index in [4.69, 9.17) is 5.73 Å². The molecule has 1 rings (SSSR count). The minimum Gasteiger partial charge on any atom is -0.326 e. The summed E-state index contributed by atoms with van der Waals surface area (Å²) in [5.74, 6) is 0. The lowest BCUT2D eigenvalue weighted by Crippen LogP contribution is -2.35. The molecular weight excluding hydrogens is 268 g/mol. The molecule has 0 saturated carbocycles. The summed E-state index contributed by atoms with van der Waals surface area (Å²) in [6.07, 6.45) is 19.6. The fourth-order valence-electron chi connectivity index (χ4n) is 3.80. The van der Waals surface area contributed by atoms with Gasteiger partial charge in [0.2, 0.25) is 0 Å². The van der Waals surface area contributed by atoms with Gasteiger partial charge in [0.1, 0.15) is 0 Å². The average Bonchev–Trinajstić information content (AvgIpc) is 2.94. The molecule has 0 aromatic carbocycles.